The Balaban J connectivity index is 1.94. The molecule has 0 aromatic carbocycles. The Morgan fingerprint density at radius 1 is 1.37 bits per heavy atom. The molecule has 102 valence electrons. The molecule has 0 aromatic rings. The van der Waals surface area contributed by atoms with Gasteiger partial charge in [0.2, 0.25) is 0 Å². The lowest BCUT2D eigenvalue weighted by Crippen LogP contribution is -2.27. The number of rotatable bonds is 2. The van der Waals surface area contributed by atoms with Crippen molar-refractivity contribution in [1.82, 2.24) is 0 Å². The van der Waals surface area contributed by atoms with Crippen molar-refractivity contribution < 1.29 is 13.2 Å². The summed E-state index contributed by atoms with van der Waals surface area (Å²) in [6.45, 7) is 2.01. The van der Waals surface area contributed by atoms with Gasteiger partial charge in [0.1, 0.15) is 11.8 Å². The molecule has 3 aliphatic heterocycles. The smallest absolute Gasteiger partial charge is 0.261 e. The van der Waals surface area contributed by atoms with Gasteiger partial charge in [-0.25, -0.2) is 13.4 Å². The molecule has 7 heteroatoms. The van der Waals surface area contributed by atoms with E-state index in [0.29, 0.717) is 18.7 Å². The Bertz CT molecular complexity index is 644. The topological polar surface area (TPSA) is 75.9 Å². The van der Waals surface area contributed by atoms with Crippen LogP contribution in [0.3, 0.4) is 0 Å². The van der Waals surface area contributed by atoms with Gasteiger partial charge < -0.3 is 0 Å². The van der Waals surface area contributed by atoms with Crippen LogP contribution in [-0.2, 0) is 14.6 Å². The summed E-state index contributed by atoms with van der Waals surface area (Å²) in [4.78, 5) is 21.4. The Kier molecular flexibility index (Phi) is 3.13. The second kappa shape index (κ2) is 4.56. The van der Waals surface area contributed by atoms with E-state index in [9.17, 15) is 13.2 Å². The number of amides is 1. The Morgan fingerprint density at radius 3 is 2.89 bits per heavy atom. The Labute approximate surface area is 116 Å². The number of aliphatic imine (C=N–C) groups is 2. The molecule has 19 heavy (non-hydrogen) atoms. The van der Waals surface area contributed by atoms with Crippen molar-refractivity contribution in [3.8, 4) is 0 Å². The maximum atomic E-state index is 12.1. The van der Waals surface area contributed by atoms with Crippen molar-refractivity contribution in [1.29, 1.82) is 0 Å². The van der Waals surface area contributed by atoms with E-state index in [1.165, 1.54) is 11.8 Å². The van der Waals surface area contributed by atoms with Gasteiger partial charge in [-0.15, -0.1) is 0 Å². The molecule has 3 heterocycles. The van der Waals surface area contributed by atoms with Crippen molar-refractivity contribution in [2.24, 2.45) is 15.9 Å². The second-order valence-electron chi connectivity index (χ2n) is 4.89. The number of thioether (sulfide) groups is 1. The lowest BCUT2D eigenvalue weighted by molar-refractivity contribution is -0.118. The molecule has 0 fully saturated rings. The van der Waals surface area contributed by atoms with Gasteiger partial charge in [0.25, 0.3) is 5.91 Å². The monoisotopic (exact) mass is 298 g/mol. The molecule has 0 spiro atoms. The lowest BCUT2D eigenvalue weighted by atomic mass is 9.96. The van der Waals surface area contributed by atoms with E-state index in [1.807, 2.05) is 6.92 Å². The molecular weight excluding hydrogens is 284 g/mol. The third-order valence-corrected chi connectivity index (χ3v) is 6.34. The van der Waals surface area contributed by atoms with Crippen LogP contribution >= 0.6 is 11.8 Å². The average molecular weight is 298 g/mol. The molecule has 0 aromatic heterocycles. The predicted molar refractivity (Wildman–Crippen MR) is 76.2 cm³/mol. The molecule has 5 nitrogen and oxygen atoms in total. The molecule has 0 saturated heterocycles. The minimum absolute atomic E-state index is 0.0545. The number of hydrogen-bond acceptors (Lipinski definition) is 5. The van der Waals surface area contributed by atoms with Crippen LogP contribution in [0.25, 0.3) is 0 Å². The van der Waals surface area contributed by atoms with Crippen LogP contribution in [0.15, 0.2) is 20.5 Å². The average Bonchev–Trinajstić information content (AvgIpc) is 2.65. The first-order valence-electron chi connectivity index (χ1n) is 6.30. The summed E-state index contributed by atoms with van der Waals surface area (Å²) in [6.07, 6.45) is 2.02. The predicted octanol–water partition coefficient (Wildman–Crippen LogP) is 1.56. The molecule has 0 radical (unpaired) electrons. The molecule has 0 bridgehead atoms. The molecule has 0 saturated carbocycles. The van der Waals surface area contributed by atoms with E-state index in [1.54, 1.807) is 0 Å². The molecule has 3 rings (SSSR count). The molecule has 0 N–H and O–H groups in total. The van der Waals surface area contributed by atoms with Crippen LogP contribution in [-0.4, -0.2) is 36.7 Å². The highest BCUT2D eigenvalue weighted by atomic mass is 32.2. The molecule has 3 aliphatic rings. The van der Waals surface area contributed by atoms with E-state index in [2.05, 4.69) is 9.98 Å². The fourth-order valence-electron chi connectivity index (χ4n) is 2.53. The van der Waals surface area contributed by atoms with Crippen LogP contribution < -0.4 is 0 Å². The first kappa shape index (κ1) is 13.1. The van der Waals surface area contributed by atoms with E-state index in [4.69, 9.17) is 0 Å². The highest BCUT2D eigenvalue weighted by Gasteiger charge is 2.43. The zero-order valence-corrected chi connectivity index (χ0v) is 12.2. The van der Waals surface area contributed by atoms with Gasteiger partial charge in [-0.1, -0.05) is 18.7 Å². The summed E-state index contributed by atoms with van der Waals surface area (Å²) < 4.78 is 23.3. The molecule has 1 amide bonds. The zero-order chi connectivity index (χ0) is 13.6. The summed E-state index contributed by atoms with van der Waals surface area (Å²) in [7, 11) is -3.00. The van der Waals surface area contributed by atoms with Crippen LogP contribution in [0, 0.1) is 5.92 Å². The molecule has 1 atom stereocenters. The molecule has 0 aliphatic carbocycles. The quantitative estimate of drug-likeness (QED) is 0.775. The number of hydrogen-bond donors (Lipinski definition) is 0. The fraction of sp³-hybridized carbons (Fsp3) is 0.583. The third kappa shape index (κ3) is 2.29. The maximum Gasteiger partial charge on any atom is 0.261 e. The van der Waals surface area contributed by atoms with Crippen LogP contribution in [0.4, 0.5) is 0 Å². The Hall–Kier alpha value is -0.950. The first-order chi connectivity index (χ1) is 9.00. The van der Waals surface area contributed by atoms with Crippen LogP contribution in [0.1, 0.15) is 26.2 Å². The van der Waals surface area contributed by atoms with E-state index in [-0.39, 0.29) is 17.4 Å². The normalized spacial score (nSPS) is 28.7. The van der Waals surface area contributed by atoms with Crippen molar-refractivity contribution >= 4 is 38.4 Å². The number of amidine groups is 1. The zero-order valence-electron chi connectivity index (χ0n) is 10.5. The number of nitrogens with zero attached hydrogens (tertiary/aromatic N) is 2. The van der Waals surface area contributed by atoms with Gasteiger partial charge in [0.15, 0.2) is 9.84 Å². The summed E-state index contributed by atoms with van der Waals surface area (Å²) >= 11 is 1.36. The fourth-order valence-corrected chi connectivity index (χ4v) is 5.68. The highest BCUT2D eigenvalue weighted by Crippen LogP contribution is 2.45. The number of carbonyl (C=O) groups excluding carboxylic acids is 1. The van der Waals surface area contributed by atoms with Gasteiger partial charge in [-0.3, -0.25) is 4.79 Å². The summed E-state index contributed by atoms with van der Waals surface area (Å²) in [6, 6.07) is 0. The molecular formula is C12H14N2O3S2. The van der Waals surface area contributed by atoms with Gasteiger partial charge in [-0.05, 0) is 18.4 Å². The van der Waals surface area contributed by atoms with Gasteiger partial charge >= 0.3 is 0 Å². The van der Waals surface area contributed by atoms with Crippen molar-refractivity contribution in [2.75, 3.05) is 11.5 Å². The minimum atomic E-state index is -3.00. The Morgan fingerprint density at radius 2 is 2.16 bits per heavy atom. The van der Waals surface area contributed by atoms with Gasteiger partial charge in [0, 0.05) is 11.3 Å². The number of fused-ring (bicyclic) bond motifs is 2. The maximum absolute atomic E-state index is 12.1. The molecule has 1 unspecified atom stereocenters. The van der Waals surface area contributed by atoms with E-state index >= 15 is 0 Å². The summed E-state index contributed by atoms with van der Waals surface area (Å²) in [5.74, 6) is 0.198. The van der Waals surface area contributed by atoms with Gasteiger partial charge in [-0.2, -0.15) is 4.99 Å². The summed E-state index contributed by atoms with van der Waals surface area (Å²) in [5.41, 5.74) is 0.933. The highest BCUT2D eigenvalue weighted by molar-refractivity contribution is 8.18. The number of sulfone groups is 1. The SMILES string of the molecule is CCCC1=NC(=O)C2C(=N1)SC1=C2CCS(=O)(=O)C1. The van der Waals surface area contributed by atoms with Crippen LogP contribution in [0.2, 0.25) is 0 Å². The van der Waals surface area contributed by atoms with Gasteiger partial charge in [0.05, 0.1) is 16.5 Å². The summed E-state index contributed by atoms with van der Waals surface area (Å²) in [5, 5.41) is 0.727. The standard InChI is InChI=1S/C12H14N2O3S2/c1-2-3-9-13-11(15)10-7-4-5-19(16,17)6-8(7)18-12(10)14-9/h10H,2-6H2,1H3. The second-order valence-corrected chi connectivity index (χ2v) is 8.19. The van der Waals surface area contributed by atoms with Crippen molar-refractivity contribution in [3.63, 3.8) is 0 Å². The van der Waals surface area contributed by atoms with Crippen molar-refractivity contribution in [2.45, 2.75) is 26.2 Å². The number of carbonyl (C=O) groups is 1. The lowest BCUT2D eigenvalue weighted by Gasteiger charge is -2.18. The third-order valence-electron chi connectivity index (χ3n) is 3.41. The largest absolute Gasteiger partial charge is 0.271 e. The van der Waals surface area contributed by atoms with E-state index < -0.39 is 15.8 Å². The van der Waals surface area contributed by atoms with Crippen molar-refractivity contribution in [3.05, 3.63) is 10.5 Å². The minimum Gasteiger partial charge on any atom is -0.271 e. The van der Waals surface area contributed by atoms with Crippen LogP contribution in [0.5, 0.6) is 0 Å². The first-order valence-corrected chi connectivity index (χ1v) is 8.94. The van der Waals surface area contributed by atoms with E-state index in [0.717, 1.165) is 21.9 Å².